The molecule has 0 spiro atoms. The Bertz CT molecular complexity index is 1490. The average molecular weight is 642 g/mol. The molecule has 13 heteroatoms. The first kappa shape index (κ1) is 33.4. The number of ether oxygens (including phenoxy) is 3. The van der Waals surface area contributed by atoms with Crippen molar-refractivity contribution < 1.29 is 37.0 Å². The lowest BCUT2D eigenvalue weighted by atomic mass is 9.98. The number of esters is 2. The molecule has 10 nitrogen and oxygen atoms in total. The van der Waals surface area contributed by atoms with Crippen molar-refractivity contribution in [1.82, 2.24) is 8.61 Å². The van der Waals surface area contributed by atoms with Crippen LogP contribution in [0.1, 0.15) is 76.0 Å². The quantitative estimate of drug-likeness (QED) is 0.261. The summed E-state index contributed by atoms with van der Waals surface area (Å²) >= 11 is 12.6. The Kier molecular flexibility index (Phi) is 10.0. The molecule has 2 aromatic rings. The molecule has 1 aliphatic heterocycles. The molecule has 0 N–H and O–H groups in total. The van der Waals surface area contributed by atoms with Gasteiger partial charge in [-0.3, -0.25) is 0 Å². The standard InChI is InChI=1S/C29H34Cl2N2O8S/c1-8-39-26(35)22-17-33(27(36)41-29(5,6)7)42(37,38)32(24(22)21-14-13-20(30)15-23(21)31)16-18-9-11-19(12-10-18)25(34)40-28(2,3)4/h9-15,17,24H,8,16H2,1-7H3. The summed E-state index contributed by atoms with van der Waals surface area (Å²) in [6, 6.07) is 9.22. The summed E-state index contributed by atoms with van der Waals surface area (Å²) in [7, 11) is -4.67. The van der Waals surface area contributed by atoms with Crippen molar-refractivity contribution in [2.24, 2.45) is 0 Å². The normalized spacial score (nSPS) is 17.3. The summed E-state index contributed by atoms with van der Waals surface area (Å²) in [6.45, 7) is 11.2. The number of halogens is 2. The van der Waals surface area contributed by atoms with Gasteiger partial charge in [-0.2, -0.15) is 17.0 Å². The van der Waals surface area contributed by atoms with E-state index in [0.717, 1.165) is 10.5 Å². The van der Waals surface area contributed by atoms with Crippen molar-refractivity contribution in [2.75, 3.05) is 6.61 Å². The van der Waals surface area contributed by atoms with Crippen molar-refractivity contribution in [1.29, 1.82) is 0 Å². The van der Waals surface area contributed by atoms with Gasteiger partial charge in [0.05, 0.1) is 23.8 Å². The molecule has 0 saturated heterocycles. The fraction of sp³-hybridized carbons (Fsp3) is 0.414. The zero-order valence-corrected chi connectivity index (χ0v) is 26.8. The van der Waals surface area contributed by atoms with E-state index in [1.165, 1.54) is 30.3 Å². The van der Waals surface area contributed by atoms with Gasteiger partial charge in [-0.05, 0) is 83.9 Å². The fourth-order valence-corrected chi connectivity index (χ4v) is 6.00. The van der Waals surface area contributed by atoms with Crippen LogP contribution in [-0.2, 0) is 35.8 Å². The smallest absolute Gasteiger partial charge is 0.429 e. The lowest BCUT2D eigenvalue weighted by Crippen LogP contribution is -2.51. The molecule has 42 heavy (non-hydrogen) atoms. The van der Waals surface area contributed by atoms with E-state index in [1.807, 2.05) is 0 Å². The van der Waals surface area contributed by atoms with Gasteiger partial charge in [-0.1, -0.05) is 41.4 Å². The first-order chi connectivity index (χ1) is 19.3. The van der Waals surface area contributed by atoms with E-state index in [0.29, 0.717) is 14.9 Å². The van der Waals surface area contributed by atoms with E-state index in [2.05, 4.69) is 0 Å². The highest BCUT2D eigenvalue weighted by molar-refractivity contribution is 7.87. The second-order valence-electron chi connectivity index (χ2n) is 11.4. The Balaban J connectivity index is 2.18. The monoisotopic (exact) mass is 640 g/mol. The van der Waals surface area contributed by atoms with Gasteiger partial charge in [0.2, 0.25) is 0 Å². The number of amides is 1. The maximum Gasteiger partial charge on any atom is 0.429 e. The molecule has 0 bridgehead atoms. The van der Waals surface area contributed by atoms with Crippen molar-refractivity contribution in [3.63, 3.8) is 0 Å². The van der Waals surface area contributed by atoms with Crippen LogP contribution in [0.2, 0.25) is 10.0 Å². The highest BCUT2D eigenvalue weighted by Gasteiger charge is 2.48. The van der Waals surface area contributed by atoms with E-state index in [-0.39, 0.29) is 34.9 Å². The van der Waals surface area contributed by atoms with Gasteiger partial charge in [-0.25, -0.2) is 14.4 Å². The van der Waals surface area contributed by atoms with Gasteiger partial charge in [0.15, 0.2) is 0 Å². The Labute approximate surface area is 256 Å². The number of carbonyl (C=O) groups is 3. The highest BCUT2D eigenvalue weighted by atomic mass is 35.5. The van der Waals surface area contributed by atoms with E-state index in [1.54, 1.807) is 60.6 Å². The third-order valence-corrected chi connectivity index (χ3v) is 7.90. The van der Waals surface area contributed by atoms with Gasteiger partial charge in [0.1, 0.15) is 11.2 Å². The van der Waals surface area contributed by atoms with Crippen LogP contribution < -0.4 is 0 Å². The summed E-state index contributed by atoms with van der Waals surface area (Å²) < 4.78 is 45.5. The molecule has 1 unspecified atom stereocenters. The largest absolute Gasteiger partial charge is 0.463 e. The molecule has 228 valence electrons. The SMILES string of the molecule is CCOC(=O)C1=CN(C(=O)OC(C)(C)C)S(=O)(=O)N(Cc2ccc(C(=O)OC(C)(C)C)cc2)C1c1ccc(Cl)cc1Cl. The summed E-state index contributed by atoms with van der Waals surface area (Å²) in [4.78, 5) is 38.9. The molecule has 1 amide bonds. The topological polar surface area (TPSA) is 120 Å². The summed E-state index contributed by atoms with van der Waals surface area (Å²) in [5, 5.41) is 0.387. The van der Waals surface area contributed by atoms with Crippen LogP contribution in [0, 0.1) is 0 Å². The maximum atomic E-state index is 14.1. The average Bonchev–Trinajstić information content (AvgIpc) is 2.83. The summed E-state index contributed by atoms with van der Waals surface area (Å²) in [5.41, 5.74) is -0.984. The first-order valence-electron chi connectivity index (χ1n) is 13.0. The summed E-state index contributed by atoms with van der Waals surface area (Å²) in [6.07, 6.45) is -0.311. The van der Waals surface area contributed by atoms with Gasteiger partial charge in [0.25, 0.3) is 0 Å². The second-order valence-corrected chi connectivity index (χ2v) is 14.0. The van der Waals surface area contributed by atoms with Crippen LogP contribution in [0.25, 0.3) is 0 Å². The van der Waals surface area contributed by atoms with E-state index in [9.17, 15) is 22.8 Å². The molecular weight excluding hydrogens is 607 g/mol. The van der Waals surface area contributed by atoms with Crippen molar-refractivity contribution >= 4 is 51.4 Å². The molecule has 1 heterocycles. The Morgan fingerprint density at radius 3 is 2.00 bits per heavy atom. The van der Waals surface area contributed by atoms with Crippen molar-refractivity contribution in [3.05, 3.63) is 81.0 Å². The molecule has 0 saturated carbocycles. The Morgan fingerprint density at radius 1 is 0.881 bits per heavy atom. The predicted molar refractivity (Wildman–Crippen MR) is 158 cm³/mol. The van der Waals surface area contributed by atoms with Crippen LogP contribution >= 0.6 is 23.2 Å². The molecular formula is C29H34Cl2N2O8S. The summed E-state index contributed by atoms with van der Waals surface area (Å²) in [5.74, 6) is -1.41. The molecule has 0 radical (unpaired) electrons. The van der Waals surface area contributed by atoms with Crippen LogP contribution in [0.3, 0.4) is 0 Å². The maximum absolute atomic E-state index is 14.1. The van der Waals surface area contributed by atoms with Crippen LogP contribution in [0.5, 0.6) is 0 Å². The van der Waals surface area contributed by atoms with E-state index in [4.69, 9.17) is 37.4 Å². The Morgan fingerprint density at radius 2 is 1.48 bits per heavy atom. The lowest BCUT2D eigenvalue weighted by molar-refractivity contribution is -0.139. The zero-order chi connectivity index (χ0) is 31.6. The Hall–Kier alpha value is -3.12. The van der Waals surface area contributed by atoms with Gasteiger partial charge >= 0.3 is 28.2 Å². The number of benzene rings is 2. The minimum atomic E-state index is -4.67. The first-order valence-corrected chi connectivity index (χ1v) is 15.2. The van der Waals surface area contributed by atoms with Crippen molar-refractivity contribution in [2.45, 2.75) is 72.3 Å². The molecule has 2 aromatic carbocycles. The molecule has 0 aliphatic carbocycles. The lowest BCUT2D eigenvalue weighted by Gasteiger charge is -2.39. The molecule has 0 aromatic heterocycles. The van der Waals surface area contributed by atoms with Crippen LogP contribution in [0.15, 0.2) is 54.2 Å². The van der Waals surface area contributed by atoms with E-state index >= 15 is 0 Å². The third-order valence-electron chi connectivity index (χ3n) is 5.65. The minimum Gasteiger partial charge on any atom is -0.463 e. The molecule has 0 fully saturated rings. The number of hydrogen-bond donors (Lipinski definition) is 0. The number of nitrogens with zero attached hydrogens (tertiary/aromatic N) is 2. The fourth-order valence-electron chi connectivity index (χ4n) is 3.98. The molecule has 1 atom stereocenters. The number of hydrogen-bond acceptors (Lipinski definition) is 8. The number of carbonyl (C=O) groups excluding carboxylic acids is 3. The molecule has 1 aliphatic rings. The number of rotatable bonds is 6. The zero-order valence-electron chi connectivity index (χ0n) is 24.4. The molecule has 3 rings (SSSR count). The van der Waals surface area contributed by atoms with E-state index < -0.39 is 45.5 Å². The van der Waals surface area contributed by atoms with Gasteiger partial charge in [0, 0.05) is 22.8 Å². The van der Waals surface area contributed by atoms with Crippen LogP contribution in [0.4, 0.5) is 4.79 Å². The van der Waals surface area contributed by atoms with Gasteiger partial charge in [-0.15, -0.1) is 0 Å². The van der Waals surface area contributed by atoms with Crippen molar-refractivity contribution in [3.8, 4) is 0 Å². The highest BCUT2D eigenvalue weighted by Crippen LogP contribution is 2.42. The van der Waals surface area contributed by atoms with Gasteiger partial charge < -0.3 is 14.2 Å². The third kappa shape index (κ3) is 8.03. The predicted octanol–water partition coefficient (Wildman–Crippen LogP) is 6.43. The minimum absolute atomic E-state index is 0.0114. The second kappa shape index (κ2) is 12.6. The van der Waals surface area contributed by atoms with Crippen LogP contribution in [-0.4, -0.2) is 52.9 Å².